The molecule has 1 N–H and O–H groups in total. The molecule has 0 saturated heterocycles. The Hall–Kier alpha value is -2.02. The molecule has 1 atom stereocenters. The van der Waals surface area contributed by atoms with E-state index in [9.17, 15) is 4.79 Å². The first-order chi connectivity index (χ1) is 14.8. The van der Waals surface area contributed by atoms with Crippen LogP contribution < -0.4 is 5.32 Å². The topological polar surface area (TPSA) is 59.8 Å². The Balaban J connectivity index is 1.81. The van der Waals surface area contributed by atoms with Gasteiger partial charge in [0, 0.05) is 27.9 Å². The summed E-state index contributed by atoms with van der Waals surface area (Å²) in [5.74, 6) is 1.43. The second-order valence-electron chi connectivity index (χ2n) is 7.67. The molecule has 3 rings (SSSR count). The fourth-order valence-corrected chi connectivity index (χ4v) is 4.82. The maximum atomic E-state index is 12.9. The molecular formula is C23H26Cl2N4OS. The number of hydrogen-bond donors (Lipinski definition) is 1. The van der Waals surface area contributed by atoms with E-state index in [-0.39, 0.29) is 17.9 Å². The van der Waals surface area contributed by atoms with Crippen LogP contribution in [0, 0.1) is 12.8 Å². The van der Waals surface area contributed by atoms with Crippen molar-refractivity contribution >= 4 is 40.9 Å². The number of nitrogens with zero attached hydrogens (tertiary/aromatic N) is 3. The molecule has 0 unspecified atom stereocenters. The number of rotatable bonds is 8. The van der Waals surface area contributed by atoms with Crippen LogP contribution in [-0.2, 0) is 12.3 Å². The molecule has 5 nitrogen and oxygen atoms in total. The van der Waals surface area contributed by atoms with E-state index in [0.29, 0.717) is 27.9 Å². The Labute approximate surface area is 197 Å². The molecule has 0 aliphatic heterocycles. The van der Waals surface area contributed by atoms with Crippen molar-refractivity contribution in [2.24, 2.45) is 5.92 Å². The van der Waals surface area contributed by atoms with Gasteiger partial charge in [0.1, 0.15) is 0 Å². The van der Waals surface area contributed by atoms with Crippen molar-refractivity contribution in [3.8, 4) is 0 Å². The van der Waals surface area contributed by atoms with Crippen LogP contribution in [0.1, 0.15) is 54.1 Å². The largest absolute Gasteiger partial charge is 0.342 e. The third-order valence-corrected chi connectivity index (χ3v) is 6.55. The quantitative estimate of drug-likeness (QED) is 0.385. The SMILES string of the molecule is CCn1c(SCc2ccc(Cl)cc2Cl)nnc1[C@@H](NC(=O)c1cccc(C)c1)C(C)C. The van der Waals surface area contributed by atoms with E-state index >= 15 is 0 Å². The van der Waals surface area contributed by atoms with Crippen molar-refractivity contribution in [2.45, 2.75) is 51.2 Å². The molecule has 0 aliphatic carbocycles. The molecule has 0 saturated carbocycles. The van der Waals surface area contributed by atoms with Gasteiger partial charge in [-0.3, -0.25) is 4.79 Å². The van der Waals surface area contributed by atoms with E-state index in [2.05, 4.69) is 33.9 Å². The number of amides is 1. The number of halogens is 2. The summed E-state index contributed by atoms with van der Waals surface area (Å²) in [7, 11) is 0. The van der Waals surface area contributed by atoms with Crippen molar-refractivity contribution in [1.82, 2.24) is 20.1 Å². The maximum absolute atomic E-state index is 12.9. The van der Waals surface area contributed by atoms with Crippen LogP contribution in [0.15, 0.2) is 47.6 Å². The van der Waals surface area contributed by atoms with Crippen LogP contribution in [-0.4, -0.2) is 20.7 Å². The summed E-state index contributed by atoms with van der Waals surface area (Å²) in [5, 5.41) is 14.0. The van der Waals surface area contributed by atoms with Crippen LogP contribution in [0.25, 0.3) is 0 Å². The number of carbonyl (C=O) groups is 1. The zero-order valence-corrected chi connectivity index (χ0v) is 20.4. The normalized spacial score (nSPS) is 12.2. The number of aryl methyl sites for hydroxylation is 1. The molecule has 31 heavy (non-hydrogen) atoms. The van der Waals surface area contributed by atoms with Crippen LogP contribution >= 0.6 is 35.0 Å². The van der Waals surface area contributed by atoms with Crippen LogP contribution in [0.5, 0.6) is 0 Å². The zero-order valence-electron chi connectivity index (χ0n) is 18.0. The molecule has 1 aromatic heterocycles. The summed E-state index contributed by atoms with van der Waals surface area (Å²) in [6.45, 7) is 8.85. The summed E-state index contributed by atoms with van der Waals surface area (Å²) in [4.78, 5) is 12.9. The third kappa shape index (κ3) is 5.82. The van der Waals surface area contributed by atoms with Crippen molar-refractivity contribution in [3.63, 3.8) is 0 Å². The van der Waals surface area contributed by atoms with Crippen LogP contribution in [0.4, 0.5) is 0 Å². The molecule has 164 valence electrons. The van der Waals surface area contributed by atoms with E-state index in [1.54, 1.807) is 17.8 Å². The van der Waals surface area contributed by atoms with Gasteiger partial charge in [0.15, 0.2) is 11.0 Å². The molecule has 0 aliphatic rings. The summed E-state index contributed by atoms with van der Waals surface area (Å²) in [6.07, 6.45) is 0. The predicted octanol–water partition coefficient (Wildman–Crippen LogP) is 6.33. The van der Waals surface area contributed by atoms with E-state index in [1.165, 1.54) is 0 Å². The van der Waals surface area contributed by atoms with Gasteiger partial charge in [-0.2, -0.15) is 0 Å². The van der Waals surface area contributed by atoms with Crippen molar-refractivity contribution in [3.05, 3.63) is 75.0 Å². The minimum absolute atomic E-state index is 0.116. The number of hydrogen-bond acceptors (Lipinski definition) is 4. The molecule has 3 aromatic rings. The number of thioether (sulfide) groups is 1. The van der Waals surface area contributed by atoms with E-state index < -0.39 is 0 Å². The highest BCUT2D eigenvalue weighted by Crippen LogP contribution is 2.30. The number of benzene rings is 2. The number of aromatic nitrogens is 3. The fourth-order valence-electron chi connectivity index (χ4n) is 3.26. The Bertz CT molecular complexity index is 1070. The Morgan fingerprint density at radius 1 is 1.16 bits per heavy atom. The Morgan fingerprint density at radius 2 is 1.94 bits per heavy atom. The first-order valence-corrected chi connectivity index (χ1v) is 11.9. The van der Waals surface area contributed by atoms with Crippen LogP contribution in [0.2, 0.25) is 10.0 Å². The molecule has 1 amide bonds. The molecule has 1 heterocycles. The minimum Gasteiger partial charge on any atom is -0.342 e. The third-order valence-electron chi connectivity index (χ3n) is 4.95. The fraction of sp³-hybridized carbons (Fsp3) is 0.348. The lowest BCUT2D eigenvalue weighted by molar-refractivity contribution is 0.0921. The van der Waals surface area contributed by atoms with Gasteiger partial charge in [0.05, 0.1) is 6.04 Å². The molecule has 0 bridgehead atoms. The van der Waals surface area contributed by atoms with Gasteiger partial charge in [-0.1, -0.05) is 72.6 Å². The highest BCUT2D eigenvalue weighted by molar-refractivity contribution is 7.98. The summed E-state index contributed by atoms with van der Waals surface area (Å²) in [5.41, 5.74) is 2.67. The predicted molar refractivity (Wildman–Crippen MR) is 128 cm³/mol. The highest BCUT2D eigenvalue weighted by Gasteiger charge is 2.26. The second-order valence-corrected chi connectivity index (χ2v) is 9.46. The van der Waals surface area contributed by atoms with Gasteiger partial charge in [-0.05, 0) is 49.6 Å². The van der Waals surface area contributed by atoms with Gasteiger partial charge >= 0.3 is 0 Å². The smallest absolute Gasteiger partial charge is 0.251 e. The molecule has 0 spiro atoms. The van der Waals surface area contributed by atoms with Crippen molar-refractivity contribution < 1.29 is 4.79 Å². The molecule has 0 radical (unpaired) electrons. The van der Waals surface area contributed by atoms with Crippen molar-refractivity contribution in [2.75, 3.05) is 0 Å². The molecule has 0 fully saturated rings. The lowest BCUT2D eigenvalue weighted by Gasteiger charge is -2.22. The summed E-state index contributed by atoms with van der Waals surface area (Å²) >= 11 is 13.9. The van der Waals surface area contributed by atoms with Gasteiger partial charge < -0.3 is 9.88 Å². The Morgan fingerprint density at radius 3 is 2.58 bits per heavy atom. The first kappa shape index (κ1) is 23.6. The monoisotopic (exact) mass is 476 g/mol. The number of carbonyl (C=O) groups excluding carboxylic acids is 1. The molecule has 2 aromatic carbocycles. The van der Waals surface area contributed by atoms with Crippen LogP contribution in [0.3, 0.4) is 0 Å². The molecular weight excluding hydrogens is 451 g/mol. The second kappa shape index (κ2) is 10.5. The van der Waals surface area contributed by atoms with E-state index in [4.69, 9.17) is 23.2 Å². The maximum Gasteiger partial charge on any atom is 0.251 e. The Kier molecular flexibility index (Phi) is 8.03. The summed E-state index contributed by atoms with van der Waals surface area (Å²) in [6, 6.07) is 12.8. The average Bonchev–Trinajstić information content (AvgIpc) is 3.13. The van der Waals surface area contributed by atoms with Gasteiger partial charge in [-0.15, -0.1) is 10.2 Å². The van der Waals surface area contributed by atoms with Gasteiger partial charge in [-0.25, -0.2) is 0 Å². The van der Waals surface area contributed by atoms with E-state index in [1.807, 2.05) is 50.2 Å². The summed E-state index contributed by atoms with van der Waals surface area (Å²) < 4.78 is 2.05. The van der Waals surface area contributed by atoms with Crippen molar-refractivity contribution in [1.29, 1.82) is 0 Å². The van der Waals surface area contributed by atoms with Gasteiger partial charge in [0.2, 0.25) is 0 Å². The highest BCUT2D eigenvalue weighted by atomic mass is 35.5. The minimum atomic E-state index is -0.256. The van der Waals surface area contributed by atoms with Gasteiger partial charge in [0.25, 0.3) is 5.91 Å². The first-order valence-electron chi connectivity index (χ1n) is 10.2. The lowest BCUT2D eigenvalue weighted by atomic mass is 10.0. The number of nitrogens with one attached hydrogen (secondary N) is 1. The standard InChI is InChI=1S/C23H26Cl2N4OS/c1-5-29-21(20(14(2)3)26-22(30)16-8-6-7-15(4)11-16)27-28-23(29)31-13-17-9-10-18(24)12-19(17)25/h6-12,14,20H,5,13H2,1-4H3,(H,26,30)/t20-/m0/s1. The average molecular weight is 477 g/mol. The lowest BCUT2D eigenvalue weighted by Crippen LogP contribution is -2.33. The molecule has 8 heteroatoms. The zero-order chi connectivity index (χ0) is 22.5. The van der Waals surface area contributed by atoms with E-state index in [0.717, 1.165) is 22.1 Å².